The molecule has 0 radical (unpaired) electrons. The molecule has 2 aromatic heterocycles. The Morgan fingerprint density at radius 2 is 1.66 bits per heavy atom. The van der Waals surface area contributed by atoms with E-state index in [0.717, 1.165) is 49.5 Å². The fourth-order valence-electron chi connectivity index (χ4n) is 4.80. The van der Waals surface area contributed by atoms with Crippen molar-refractivity contribution < 1.29 is 0 Å². The number of pyridine rings is 1. The number of hydrogen-bond acceptors (Lipinski definition) is 6. The number of para-hydroxylation sites is 1. The number of rotatable bonds is 6. The molecule has 1 atom stereocenters. The maximum absolute atomic E-state index is 4.60. The van der Waals surface area contributed by atoms with Gasteiger partial charge in [0.1, 0.15) is 0 Å². The van der Waals surface area contributed by atoms with Crippen LogP contribution in [-0.2, 0) is 5.54 Å². The van der Waals surface area contributed by atoms with Crippen molar-refractivity contribution in [3.05, 3.63) is 89.9 Å². The Morgan fingerprint density at radius 3 is 2.43 bits per heavy atom. The first kappa shape index (κ1) is 23.3. The van der Waals surface area contributed by atoms with Crippen molar-refractivity contribution in [3.8, 4) is 0 Å². The Balaban J connectivity index is 1.41. The van der Waals surface area contributed by atoms with Gasteiger partial charge in [-0.1, -0.05) is 60.7 Å². The fraction of sp³-hybridized carbons (Fsp3) is 0.357. The molecule has 0 saturated carbocycles. The van der Waals surface area contributed by atoms with E-state index in [4.69, 9.17) is 0 Å². The summed E-state index contributed by atoms with van der Waals surface area (Å²) < 4.78 is 1.97. The highest BCUT2D eigenvalue weighted by molar-refractivity contribution is 5.82. The van der Waals surface area contributed by atoms with Crippen molar-refractivity contribution in [3.63, 3.8) is 0 Å². The van der Waals surface area contributed by atoms with Gasteiger partial charge in [-0.3, -0.25) is 14.8 Å². The summed E-state index contributed by atoms with van der Waals surface area (Å²) in [6.45, 7) is 11.3. The van der Waals surface area contributed by atoms with E-state index in [1.807, 2.05) is 16.9 Å². The first-order valence-corrected chi connectivity index (χ1v) is 12.3. The van der Waals surface area contributed by atoms with E-state index in [9.17, 15) is 0 Å². The molecule has 7 heteroatoms. The lowest BCUT2D eigenvalue weighted by Crippen LogP contribution is -2.48. The summed E-state index contributed by atoms with van der Waals surface area (Å²) in [5, 5.41) is 14.2. The minimum atomic E-state index is -0.218. The first-order chi connectivity index (χ1) is 17.0. The van der Waals surface area contributed by atoms with E-state index in [1.54, 1.807) is 0 Å². The van der Waals surface area contributed by atoms with E-state index < -0.39 is 0 Å². The molecule has 1 unspecified atom stereocenters. The smallest absolute Gasteiger partial charge is 0.173 e. The highest BCUT2D eigenvalue weighted by atomic mass is 15.6. The largest absolute Gasteiger partial charge is 0.297 e. The quantitative estimate of drug-likeness (QED) is 0.419. The third-order valence-electron chi connectivity index (χ3n) is 6.60. The first-order valence-electron chi connectivity index (χ1n) is 12.3. The van der Waals surface area contributed by atoms with Gasteiger partial charge in [0.15, 0.2) is 5.82 Å². The van der Waals surface area contributed by atoms with Crippen LogP contribution in [0.5, 0.6) is 0 Å². The Bertz CT molecular complexity index is 1280. The molecule has 0 amide bonds. The van der Waals surface area contributed by atoms with Crippen molar-refractivity contribution in [2.75, 3.05) is 32.7 Å². The van der Waals surface area contributed by atoms with E-state index in [-0.39, 0.29) is 11.6 Å². The zero-order valence-corrected chi connectivity index (χ0v) is 20.7. The molecular formula is C28H33N7. The van der Waals surface area contributed by atoms with Crippen LogP contribution in [0.4, 0.5) is 0 Å². The zero-order valence-electron chi connectivity index (χ0n) is 20.7. The van der Waals surface area contributed by atoms with Crippen LogP contribution in [-0.4, -0.2) is 67.7 Å². The standard InChI is InChI=1S/C28H33N7/c1-28(2,3)35-27(30-31-32-35)26(24-15-16-29-25-14-8-7-13-23(24)25)34-20-18-33(19-21-34)17-9-12-22-10-5-4-6-11-22/h4-16,26H,17-21H2,1-3H3/b12-9+. The van der Waals surface area contributed by atoms with E-state index in [0.29, 0.717) is 0 Å². The minimum absolute atomic E-state index is 0.0425. The van der Waals surface area contributed by atoms with Gasteiger partial charge >= 0.3 is 0 Å². The average molecular weight is 468 g/mol. The van der Waals surface area contributed by atoms with Crippen LogP contribution in [0.15, 0.2) is 72.9 Å². The van der Waals surface area contributed by atoms with Crippen LogP contribution in [0.1, 0.15) is 43.8 Å². The monoisotopic (exact) mass is 467 g/mol. The summed E-state index contributed by atoms with van der Waals surface area (Å²) >= 11 is 0. The molecule has 35 heavy (non-hydrogen) atoms. The maximum Gasteiger partial charge on any atom is 0.173 e. The van der Waals surface area contributed by atoms with Gasteiger partial charge in [-0.05, 0) is 54.5 Å². The molecule has 5 rings (SSSR count). The summed E-state index contributed by atoms with van der Waals surface area (Å²) in [5.41, 5.74) is 3.22. The molecule has 1 saturated heterocycles. The number of fused-ring (bicyclic) bond motifs is 1. The third-order valence-corrected chi connectivity index (χ3v) is 6.60. The second-order valence-electron chi connectivity index (χ2n) is 10.1. The second-order valence-corrected chi connectivity index (χ2v) is 10.1. The molecule has 7 nitrogen and oxygen atoms in total. The fourth-order valence-corrected chi connectivity index (χ4v) is 4.80. The number of hydrogen-bond donors (Lipinski definition) is 0. The summed E-state index contributed by atoms with van der Waals surface area (Å²) in [6, 6.07) is 20.9. The molecule has 1 aliphatic heterocycles. The van der Waals surface area contributed by atoms with Gasteiger partial charge in [0.05, 0.1) is 17.1 Å². The van der Waals surface area contributed by atoms with Crippen LogP contribution in [0.2, 0.25) is 0 Å². The summed E-state index contributed by atoms with van der Waals surface area (Å²) in [6.07, 6.45) is 6.37. The molecule has 0 aliphatic carbocycles. The molecule has 1 aliphatic rings. The van der Waals surface area contributed by atoms with Gasteiger partial charge in [-0.25, -0.2) is 4.68 Å². The van der Waals surface area contributed by atoms with Crippen LogP contribution in [0.25, 0.3) is 17.0 Å². The summed E-state index contributed by atoms with van der Waals surface area (Å²) in [7, 11) is 0. The number of aromatic nitrogens is 5. The predicted octanol–water partition coefficient (Wildman–Crippen LogP) is 4.40. The highest BCUT2D eigenvalue weighted by Gasteiger charge is 2.34. The number of piperazine rings is 1. The molecular weight excluding hydrogens is 434 g/mol. The van der Waals surface area contributed by atoms with Crippen molar-refractivity contribution >= 4 is 17.0 Å². The Kier molecular flexibility index (Phi) is 6.70. The van der Waals surface area contributed by atoms with Crippen LogP contribution in [0, 0.1) is 0 Å². The van der Waals surface area contributed by atoms with Crippen molar-refractivity contribution in [2.45, 2.75) is 32.4 Å². The van der Waals surface area contributed by atoms with E-state index in [1.165, 1.54) is 11.1 Å². The number of benzene rings is 2. The Hall–Kier alpha value is -3.42. The molecule has 180 valence electrons. The van der Waals surface area contributed by atoms with Crippen LogP contribution < -0.4 is 0 Å². The van der Waals surface area contributed by atoms with Gasteiger partial charge in [0.2, 0.25) is 0 Å². The predicted molar refractivity (Wildman–Crippen MR) is 140 cm³/mol. The van der Waals surface area contributed by atoms with E-state index >= 15 is 0 Å². The lowest BCUT2D eigenvalue weighted by Gasteiger charge is -2.39. The molecule has 2 aromatic carbocycles. The molecule has 1 fully saturated rings. The number of tetrazole rings is 1. The Labute approximate surface area is 207 Å². The van der Waals surface area contributed by atoms with Crippen LogP contribution >= 0.6 is 0 Å². The molecule has 0 N–H and O–H groups in total. The normalized spacial score (nSPS) is 16.8. The molecule has 0 spiro atoms. The molecule has 3 heterocycles. The third kappa shape index (κ3) is 5.16. The summed E-state index contributed by atoms with van der Waals surface area (Å²) in [5.74, 6) is 0.881. The average Bonchev–Trinajstić information content (AvgIpc) is 3.36. The topological polar surface area (TPSA) is 63.0 Å². The van der Waals surface area contributed by atoms with Crippen LogP contribution in [0.3, 0.4) is 0 Å². The van der Waals surface area contributed by atoms with Crippen molar-refractivity contribution in [2.24, 2.45) is 0 Å². The van der Waals surface area contributed by atoms with E-state index in [2.05, 4.69) is 118 Å². The van der Waals surface area contributed by atoms with Crippen molar-refractivity contribution in [1.29, 1.82) is 0 Å². The van der Waals surface area contributed by atoms with Gasteiger partial charge in [-0.2, -0.15) is 0 Å². The molecule has 4 aromatic rings. The molecule has 0 bridgehead atoms. The van der Waals surface area contributed by atoms with Gasteiger partial charge in [-0.15, -0.1) is 5.10 Å². The SMILES string of the molecule is CC(C)(C)n1nnnc1C(c1ccnc2ccccc12)N1CCN(C/C=C/c2ccccc2)CC1. The lowest BCUT2D eigenvalue weighted by atomic mass is 9.98. The number of nitrogens with zero attached hydrogens (tertiary/aromatic N) is 7. The van der Waals surface area contributed by atoms with Gasteiger partial charge in [0.25, 0.3) is 0 Å². The van der Waals surface area contributed by atoms with Gasteiger partial charge in [0, 0.05) is 44.3 Å². The van der Waals surface area contributed by atoms with Crippen molar-refractivity contribution in [1.82, 2.24) is 35.0 Å². The second kappa shape index (κ2) is 10.1. The maximum atomic E-state index is 4.60. The lowest BCUT2D eigenvalue weighted by molar-refractivity contribution is 0.110. The highest BCUT2D eigenvalue weighted by Crippen LogP contribution is 2.34. The minimum Gasteiger partial charge on any atom is -0.297 e. The Morgan fingerprint density at radius 1 is 0.914 bits per heavy atom. The van der Waals surface area contributed by atoms with Gasteiger partial charge < -0.3 is 0 Å². The zero-order chi connectivity index (χ0) is 24.3. The summed E-state index contributed by atoms with van der Waals surface area (Å²) in [4.78, 5) is 9.63.